The summed E-state index contributed by atoms with van der Waals surface area (Å²) in [5, 5.41) is 6.21. The van der Waals surface area contributed by atoms with Gasteiger partial charge >= 0.3 is 0 Å². The number of amides is 1. The average Bonchev–Trinajstić information content (AvgIpc) is 2.66. The van der Waals surface area contributed by atoms with E-state index in [1.54, 1.807) is 18.2 Å². The fraction of sp³-hybridized carbons (Fsp3) is 0.381. The minimum atomic E-state index is -0.386. The molecule has 0 fully saturated rings. The number of carbonyl (C=O) groups excluding carboxylic acids is 1. The van der Waals surface area contributed by atoms with Crippen LogP contribution in [0.1, 0.15) is 38.3 Å². The monoisotopic (exact) mass is 358 g/mol. The third-order valence-corrected chi connectivity index (χ3v) is 4.14. The molecule has 0 aromatic heterocycles. The summed E-state index contributed by atoms with van der Waals surface area (Å²) in [4.78, 5) is 12.4. The van der Waals surface area contributed by atoms with Gasteiger partial charge in [0.05, 0.1) is 12.1 Å². The van der Waals surface area contributed by atoms with Gasteiger partial charge in [-0.05, 0) is 31.0 Å². The maximum Gasteiger partial charge on any atom is 0.237 e. The van der Waals surface area contributed by atoms with Gasteiger partial charge in [0.15, 0.2) is 11.6 Å². The Hall–Kier alpha value is -2.40. The van der Waals surface area contributed by atoms with Gasteiger partial charge in [-0.2, -0.15) is 0 Å². The summed E-state index contributed by atoms with van der Waals surface area (Å²) in [5.74, 6) is -0.222. The van der Waals surface area contributed by atoms with Gasteiger partial charge < -0.3 is 15.4 Å². The van der Waals surface area contributed by atoms with Crippen molar-refractivity contribution in [3.63, 3.8) is 0 Å². The smallest absolute Gasteiger partial charge is 0.237 e. The number of hydrogen-bond donors (Lipinski definition) is 2. The Bertz CT molecular complexity index is 679. The van der Waals surface area contributed by atoms with E-state index < -0.39 is 0 Å². The van der Waals surface area contributed by atoms with Crippen LogP contribution in [0, 0.1) is 5.82 Å². The number of carbonyl (C=O) groups is 1. The Labute approximate surface area is 154 Å². The first kappa shape index (κ1) is 19.9. The maximum atomic E-state index is 13.5. The van der Waals surface area contributed by atoms with Gasteiger partial charge in [-0.3, -0.25) is 4.79 Å². The fourth-order valence-corrected chi connectivity index (χ4v) is 2.68. The van der Waals surface area contributed by atoms with E-state index in [1.807, 2.05) is 37.3 Å². The van der Waals surface area contributed by atoms with E-state index in [0.717, 1.165) is 18.4 Å². The zero-order chi connectivity index (χ0) is 18.8. The number of benzene rings is 2. The lowest BCUT2D eigenvalue weighted by molar-refractivity contribution is -0.123. The number of nitrogens with one attached hydrogen (secondary N) is 2. The Morgan fingerprint density at radius 1 is 1.12 bits per heavy atom. The minimum Gasteiger partial charge on any atom is -0.489 e. The molecule has 26 heavy (non-hydrogen) atoms. The summed E-state index contributed by atoms with van der Waals surface area (Å²) in [7, 11) is 0. The number of halogens is 1. The van der Waals surface area contributed by atoms with Crippen LogP contribution < -0.4 is 15.4 Å². The molecule has 2 unspecified atom stereocenters. The van der Waals surface area contributed by atoms with E-state index in [1.165, 1.54) is 6.07 Å². The van der Waals surface area contributed by atoms with E-state index in [-0.39, 0.29) is 36.2 Å². The molecule has 2 aromatic rings. The van der Waals surface area contributed by atoms with Crippen molar-refractivity contribution in [1.82, 2.24) is 10.6 Å². The molecule has 2 N–H and O–H groups in total. The molecular formula is C21H27FN2O2. The van der Waals surface area contributed by atoms with Gasteiger partial charge in [0.2, 0.25) is 5.91 Å². The number of ether oxygens (including phenoxy) is 1. The van der Waals surface area contributed by atoms with Crippen LogP contribution in [0.5, 0.6) is 5.75 Å². The Kier molecular flexibility index (Phi) is 8.09. The van der Waals surface area contributed by atoms with E-state index >= 15 is 0 Å². The van der Waals surface area contributed by atoms with Crippen LogP contribution in [0.2, 0.25) is 0 Å². The molecule has 0 spiro atoms. The molecule has 0 aliphatic rings. The van der Waals surface area contributed by atoms with Crippen LogP contribution in [-0.4, -0.2) is 25.1 Å². The zero-order valence-electron chi connectivity index (χ0n) is 15.4. The Balaban J connectivity index is 1.78. The summed E-state index contributed by atoms with van der Waals surface area (Å²) in [6.07, 6.45) is 1.87. The van der Waals surface area contributed by atoms with Crippen LogP contribution in [0.3, 0.4) is 0 Å². The Morgan fingerprint density at radius 2 is 1.81 bits per heavy atom. The van der Waals surface area contributed by atoms with E-state index in [9.17, 15) is 9.18 Å². The highest BCUT2D eigenvalue weighted by Gasteiger charge is 2.18. The number of rotatable bonds is 10. The first-order valence-electron chi connectivity index (χ1n) is 9.07. The first-order chi connectivity index (χ1) is 12.6. The number of para-hydroxylation sites is 1. The standard InChI is InChI=1S/C21H27FN2O2/c1-3-9-19(17-10-5-4-6-11-17)24-21(25)16(2)23-14-15-26-20-13-8-7-12-18(20)22/h4-8,10-13,16,19,23H,3,9,14-15H2,1-2H3,(H,24,25). The molecule has 140 valence electrons. The summed E-state index contributed by atoms with van der Waals surface area (Å²) >= 11 is 0. The zero-order valence-corrected chi connectivity index (χ0v) is 15.4. The van der Waals surface area contributed by atoms with Crippen molar-refractivity contribution >= 4 is 5.91 Å². The molecule has 0 aliphatic heterocycles. The lowest BCUT2D eigenvalue weighted by atomic mass is 10.0. The van der Waals surface area contributed by atoms with Gasteiger partial charge in [0.1, 0.15) is 6.61 Å². The van der Waals surface area contributed by atoms with Crippen LogP contribution in [0.4, 0.5) is 4.39 Å². The van der Waals surface area contributed by atoms with Gasteiger partial charge in [-0.1, -0.05) is 55.8 Å². The van der Waals surface area contributed by atoms with E-state index in [2.05, 4.69) is 17.6 Å². The highest BCUT2D eigenvalue weighted by molar-refractivity contribution is 5.81. The summed E-state index contributed by atoms with van der Waals surface area (Å²) in [5.41, 5.74) is 1.11. The van der Waals surface area contributed by atoms with Crippen LogP contribution in [-0.2, 0) is 4.79 Å². The molecule has 0 radical (unpaired) electrons. The largest absolute Gasteiger partial charge is 0.489 e. The van der Waals surface area contributed by atoms with Gasteiger partial charge in [-0.25, -0.2) is 4.39 Å². The van der Waals surface area contributed by atoms with Crippen LogP contribution in [0.25, 0.3) is 0 Å². The second-order valence-corrected chi connectivity index (χ2v) is 6.22. The van der Waals surface area contributed by atoms with Crippen molar-refractivity contribution in [3.8, 4) is 5.75 Å². The lowest BCUT2D eigenvalue weighted by Crippen LogP contribution is -2.44. The molecule has 0 heterocycles. The normalized spacial score (nSPS) is 13.0. The van der Waals surface area contributed by atoms with Crippen molar-refractivity contribution in [1.29, 1.82) is 0 Å². The van der Waals surface area contributed by atoms with Gasteiger partial charge in [-0.15, -0.1) is 0 Å². The summed E-state index contributed by atoms with van der Waals surface area (Å²) < 4.78 is 18.9. The third-order valence-electron chi connectivity index (χ3n) is 4.14. The first-order valence-corrected chi connectivity index (χ1v) is 9.07. The molecule has 0 aliphatic carbocycles. The molecule has 2 rings (SSSR count). The molecule has 4 nitrogen and oxygen atoms in total. The van der Waals surface area contributed by atoms with Crippen molar-refractivity contribution in [3.05, 3.63) is 66.0 Å². The molecular weight excluding hydrogens is 331 g/mol. The van der Waals surface area contributed by atoms with Gasteiger partial charge in [0, 0.05) is 6.54 Å². The maximum absolute atomic E-state index is 13.5. The number of hydrogen-bond acceptors (Lipinski definition) is 3. The molecule has 5 heteroatoms. The molecule has 0 saturated heterocycles. The fourth-order valence-electron chi connectivity index (χ4n) is 2.68. The molecule has 2 atom stereocenters. The molecule has 0 saturated carbocycles. The predicted octanol–water partition coefficient (Wildman–Crippen LogP) is 3.84. The second-order valence-electron chi connectivity index (χ2n) is 6.22. The molecule has 0 bridgehead atoms. The van der Waals surface area contributed by atoms with E-state index in [4.69, 9.17) is 4.74 Å². The minimum absolute atomic E-state index is 0.00705. The topological polar surface area (TPSA) is 50.4 Å². The molecule has 1 amide bonds. The summed E-state index contributed by atoms with van der Waals surface area (Å²) in [6.45, 7) is 4.65. The second kappa shape index (κ2) is 10.6. The van der Waals surface area contributed by atoms with E-state index in [0.29, 0.717) is 6.54 Å². The van der Waals surface area contributed by atoms with Crippen molar-refractivity contribution < 1.29 is 13.9 Å². The average molecular weight is 358 g/mol. The quantitative estimate of drug-likeness (QED) is 0.635. The van der Waals surface area contributed by atoms with Crippen molar-refractivity contribution in [2.24, 2.45) is 0 Å². The highest BCUT2D eigenvalue weighted by atomic mass is 19.1. The SMILES string of the molecule is CCCC(NC(=O)C(C)NCCOc1ccccc1F)c1ccccc1. The lowest BCUT2D eigenvalue weighted by Gasteiger charge is -2.22. The molecule has 2 aromatic carbocycles. The van der Waals surface area contributed by atoms with Crippen LogP contribution in [0.15, 0.2) is 54.6 Å². The van der Waals surface area contributed by atoms with Crippen molar-refractivity contribution in [2.45, 2.75) is 38.8 Å². The van der Waals surface area contributed by atoms with Crippen molar-refractivity contribution in [2.75, 3.05) is 13.2 Å². The highest BCUT2D eigenvalue weighted by Crippen LogP contribution is 2.18. The summed E-state index contributed by atoms with van der Waals surface area (Å²) in [6, 6.07) is 15.9. The van der Waals surface area contributed by atoms with Gasteiger partial charge in [0.25, 0.3) is 0 Å². The predicted molar refractivity (Wildman–Crippen MR) is 102 cm³/mol. The Morgan fingerprint density at radius 3 is 2.50 bits per heavy atom. The van der Waals surface area contributed by atoms with Crippen LogP contribution >= 0.6 is 0 Å². The third kappa shape index (κ3) is 6.15.